The number of benzene rings is 3. The summed E-state index contributed by atoms with van der Waals surface area (Å²) in [5.74, 6) is 0.799. The van der Waals surface area contributed by atoms with Gasteiger partial charge in [-0.05, 0) is 79.6 Å². The van der Waals surface area contributed by atoms with Crippen LogP contribution < -0.4 is 10.1 Å². The van der Waals surface area contributed by atoms with Crippen LogP contribution in [0.2, 0.25) is 5.02 Å². The molecule has 0 saturated carbocycles. The molecule has 7 heteroatoms. The highest BCUT2D eigenvalue weighted by molar-refractivity contribution is 6.31. The molecule has 0 bridgehead atoms. The van der Waals surface area contributed by atoms with E-state index in [0.717, 1.165) is 16.7 Å². The molecule has 0 aliphatic carbocycles. The number of oxazole rings is 1. The summed E-state index contributed by atoms with van der Waals surface area (Å²) in [6, 6.07) is 17.8. The lowest BCUT2D eigenvalue weighted by Crippen LogP contribution is -2.20. The van der Waals surface area contributed by atoms with E-state index in [1.165, 1.54) is 0 Å². The minimum absolute atomic E-state index is 0.115. The largest absolute Gasteiger partial charge is 0.483 e. The number of fused-ring (bicyclic) bond motifs is 1. The van der Waals surface area contributed by atoms with Crippen LogP contribution in [-0.4, -0.2) is 17.5 Å². The highest BCUT2D eigenvalue weighted by Crippen LogP contribution is 2.28. The lowest BCUT2D eigenvalue weighted by Gasteiger charge is -2.12. The lowest BCUT2D eigenvalue weighted by molar-refractivity contribution is -0.118. The smallest absolute Gasteiger partial charge is 0.262 e. The topological polar surface area (TPSA) is 88.1 Å². The number of halogens is 1. The van der Waals surface area contributed by atoms with Crippen LogP contribution in [0.15, 0.2) is 59.0 Å². The van der Waals surface area contributed by atoms with E-state index in [0.29, 0.717) is 39.0 Å². The highest BCUT2D eigenvalue weighted by Gasteiger charge is 2.11. The number of aromatic nitrogens is 1. The van der Waals surface area contributed by atoms with Crippen molar-refractivity contribution in [3.63, 3.8) is 0 Å². The zero-order valence-corrected chi connectivity index (χ0v) is 17.7. The summed E-state index contributed by atoms with van der Waals surface area (Å²) >= 11 is 6.09. The standard InChI is InChI=1S/C24H18ClN3O3/c1-14-15(2)21(10-8-19(14)25)30-13-23(29)27-18-6-4-17(5-7-18)24-28-20-11-16(12-26)3-9-22(20)31-24/h3-11H,13H2,1-2H3,(H,27,29). The van der Waals surface area contributed by atoms with Crippen molar-refractivity contribution in [2.24, 2.45) is 0 Å². The van der Waals surface area contributed by atoms with Gasteiger partial charge in [0.25, 0.3) is 5.91 Å². The fourth-order valence-corrected chi connectivity index (χ4v) is 3.28. The minimum atomic E-state index is -0.273. The second-order valence-corrected chi connectivity index (χ2v) is 7.43. The van der Waals surface area contributed by atoms with Gasteiger partial charge < -0.3 is 14.5 Å². The van der Waals surface area contributed by atoms with Crippen LogP contribution in [0.4, 0.5) is 5.69 Å². The summed E-state index contributed by atoms with van der Waals surface area (Å²) in [7, 11) is 0. The van der Waals surface area contributed by atoms with Crippen LogP contribution in [0.1, 0.15) is 16.7 Å². The number of rotatable bonds is 5. The predicted molar refractivity (Wildman–Crippen MR) is 119 cm³/mol. The molecule has 6 nitrogen and oxygen atoms in total. The average Bonchev–Trinajstić information content (AvgIpc) is 3.20. The Morgan fingerprint density at radius 3 is 2.65 bits per heavy atom. The van der Waals surface area contributed by atoms with Crippen molar-refractivity contribution >= 4 is 34.3 Å². The van der Waals surface area contributed by atoms with Crippen molar-refractivity contribution in [2.75, 3.05) is 11.9 Å². The van der Waals surface area contributed by atoms with Crippen molar-refractivity contribution in [1.29, 1.82) is 5.26 Å². The third kappa shape index (κ3) is 4.37. The molecule has 31 heavy (non-hydrogen) atoms. The van der Waals surface area contributed by atoms with Gasteiger partial charge in [0.15, 0.2) is 12.2 Å². The van der Waals surface area contributed by atoms with E-state index in [4.69, 9.17) is 26.0 Å². The molecule has 0 spiro atoms. The molecule has 1 amide bonds. The van der Waals surface area contributed by atoms with E-state index in [1.807, 2.05) is 13.8 Å². The number of hydrogen-bond acceptors (Lipinski definition) is 5. The highest BCUT2D eigenvalue weighted by atomic mass is 35.5. The van der Waals surface area contributed by atoms with Crippen LogP contribution in [0.25, 0.3) is 22.6 Å². The van der Waals surface area contributed by atoms with Gasteiger partial charge in [0, 0.05) is 16.3 Å². The van der Waals surface area contributed by atoms with Gasteiger partial charge in [-0.2, -0.15) is 5.26 Å². The van der Waals surface area contributed by atoms with Crippen LogP contribution in [0.5, 0.6) is 5.75 Å². The summed E-state index contributed by atoms with van der Waals surface area (Å²) in [5.41, 5.74) is 4.98. The maximum atomic E-state index is 12.3. The molecular weight excluding hydrogens is 414 g/mol. The van der Waals surface area contributed by atoms with Crippen molar-refractivity contribution < 1.29 is 13.9 Å². The van der Waals surface area contributed by atoms with Gasteiger partial charge in [0.2, 0.25) is 5.89 Å². The van der Waals surface area contributed by atoms with E-state index in [-0.39, 0.29) is 12.5 Å². The van der Waals surface area contributed by atoms with Gasteiger partial charge in [-0.3, -0.25) is 4.79 Å². The summed E-state index contributed by atoms with van der Waals surface area (Å²) in [6.07, 6.45) is 0. The van der Waals surface area contributed by atoms with Crippen molar-refractivity contribution in [3.05, 3.63) is 76.3 Å². The molecule has 4 rings (SSSR count). The van der Waals surface area contributed by atoms with Gasteiger partial charge >= 0.3 is 0 Å². The van der Waals surface area contributed by atoms with E-state index < -0.39 is 0 Å². The Kier molecular flexibility index (Phi) is 5.61. The van der Waals surface area contributed by atoms with E-state index in [9.17, 15) is 4.79 Å². The average molecular weight is 432 g/mol. The number of carbonyl (C=O) groups is 1. The summed E-state index contributed by atoms with van der Waals surface area (Å²) in [6.45, 7) is 3.70. The second kappa shape index (κ2) is 8.50. The van der Waals surface area contributed by atoms with Crippen molar-refractivity contribution in [3.8, 4) is 23.3 Å². The first-order chi connectivity index (χ1) is 14.9. The predicted octanol–water partition coefficient (Wildman–Crippen LogP) is 5.65. The molecule has 0 radical (unpaired) electrons. The quantitative estimate of drug-likeness (QED) is 0.440. The molecule has 0 fully saturated rings. The van der Waals surface area contributed by atoms with Gasteiger partial charge in [-0.25, -0.2) is 4.98 Å². The van der Waals surface area contributed by atoms with Gasteiger partial charge in [0.1, 0.15) is 11.3 Å². The molecule has 0 aliphatic rings. The molecule has 0 unspecified atom stereocenters. The molecule has 1 aromatic heterocycles. The zero-order chi connectivity index (χ0) is 22.0. The Labute approximate surface area is 184 Å². The molecule has 3 aromatic carbocycles. The second-order valence-electron chi connectivity index (χ2n) is 7.02. The minimum Gasteiger partial charge on any atom is -0.483 e. The number of amides is 1. The van der Waals surface area contributed by atoms with E-state index >= 15 is 0 Å². The third-order valence-electron chi connectivity index (χ3n) is 4.96. The molecular formula is C24H18ClN3O3. The van der Waals surface area contributed by atoms with Crippen LogP contribution >= 0.6 is 11.6 Å². The number of hydrogen-bond donors (Lipinski definition) is 1. The lowest BCUT2D eigenvalue weighted by atomic mass is 10.1. The summed E-state index contributed by atoms with van der Waals surface area (Å²) in [4.78, 5) is 16.7. The Balaban J connectivity index is 1.41. The number of ether oxygens (including phenoxy) is 1. The van der Waals surface area contributed by atoms with Crippen molar-refractivity contribution in [1.82, 2.24) is 4.98 Å². The first-order valence-corrected chi connectivity index (χ1v) is 9.92. The SMILES string of the molecule is Cc1c(Cl)ccc(OCC(=O)Nc2ccc(-c3nc4cc(C#N)ccc4o3)cc2)c1C. The molecule has 1 heterocycles. The number of carbonyl (C=O) groups excluding carboxylic acids is 1. The van der Waals surface area contributed by atoms with Crippen LogP contribution in [-0.2, 0) is 4.79 Å². The Morgan fingerprint density at radius 1 is 1.13 bits per heavy atom. The molecule has 1 N–H and O–H groups in total. The Bertz CT molecular complexity index is 1320. The maximum Gasteiger partial charge on any atom is 0.262 e. The fraction of sp³-hybridized carbons (Fsp3) is 0.125. The maximum absolute atomic E-state index is 12.3. The van der Waals surface area contributed by atoms with Crippen LogP contribution in [0.3, 0.4) is 0 Å². The van der Waals surface area contributed by atoms with Gasteiger partial charge in [-0.1, -0.05) is 11.6 Å². The summed E-state index contributed by atoms with van der Waals surface area (Å²) < 4.78 is 11.4. The number of anilines is 1. The first kappa shape index (κ1) is 20.5. The Hall–Kier alpha value is -3.82. The zero-order valence-electron chi connectivity index (χ0n) is 16.9. The number of nitrogens with one attached hydrogen (secondary N) is 1. The third-order valence-corrected chi connectivity index (χ3v) is 5.37. The molecule has 154 valence electrons. The van der Waals surface area contributed by atoms with E-state index in [1.54, 1.807) is 54.6 Å². The Morgan fingerprint density at radius 2 is 1.90 bits per heavy atom. The fourth-order valence-electron chi connectivity index (χ4n) is 3.08. The molecule has 0 atom stereocenters. The molecule has 0 saturated heterocycles. The summed E-state index contributed by atoms with van der Waals surface area (Å²) in [5, 5.41) is 12.5. The van der Waals surface area contributed by atoms with Crippen molar-refractivity contribution in [2.45, 2.75) is 13.8 Å². The molecule has 4 aromatic rings. The van der Waals surface area contributed by atoms with Gasteiger partial charge in [-0.15, -0.1) is 0 Å². The van der Waals surface area contributed by atoms with Crippen LogP contribution in [0, 0.1) is 25.2 Å². The van der Waals surface area contributed by atoms with E-state index in [2.05, 4.69) is 16.4 Å². The van der Waals surface area contributed by atoms with Gasteiger partial charge in [0.05, 0.1) is 11.6 Å². The number of nitriles is 1. The first-order valence-electron chi connectivity index (χ1n) is 9.54. The normalized spacial score (nSPS) is 10.6. The monoisotopic (exact) mass is 431 g/mol. The molecule has 0 aliphatic heterocycles. The number of nitrogens with zero attached hydrogens (tertiary/aromatic N) is 2.